The van der Waals surface area contributed by atoms with Crippen LogP contribution in [0, 0.1) is 0 Å². The molecule has 0 aromatic carbocycles. The number of hydrogen-bond acceptors (Lipinski definition) is 4. The third-order valence-corrected chi connectivity index (χ3v) is 2.41. The molecule has 1 saturated heterocycles. The quantitative estimate of drug-likeness (QED) is 0.501. The largest absolute Gasteiger partial charge is 0.377 e. The molecule has 0 aromatic rings. The first-order valence-corrected chi connectivity index (χ1v) is 5.14. The Morgan fingerprint density at radius 2 is 1.60 bits per heavy atom. The molecule has 0 amide bonds. The van der Waals surface area contributed by atoms with E-state index in [-0.39, 0.29) is 0 Å². The van der Waals surface area contributed by atoms with Crippen molar-refractivity contribution in [3.8, 4) is 0 Å². The van der Waals surface area contributed by atoms with E-state index in [1.807, 2.05) is 0 Å². The maximum absolute atomic E-state index is 11.1. The minimum Gasteiger partial charge on any atom is -0.377 e. The van der Waals surface area contributed by atoms with Gasteiger partial charge in [0.15, 0.2) is 0 Å². The molecular weight excluding hydrogens is 155 g/mol. The zero-order valence-electron chi connectivity index (χ0n) is 5.91. The summed E-state index contributed by atoms with van der Waals surface area (Å²) in [5.41, 5.74) is 0. The first-order chi connectivity index (χ1) is 4.71. The molecule has 1 aliphatic rings. The Balaban J connectivity index is 2.38. The Morgan fingerprint density at radius 1 is 1.10 bits per heavy atom. The monoisotopic (exact) mass is 166 g/mol. The van der Waals surface area contributed by atoms with Gasteiger partial charge in [-0.1, -0.05) is 0 Å². The van der Waals surface area contributed by atoms with E-state index in [1.54, 1.807) is 0 Å². The molecule has 0 aliphatic carbocycles. The molecule has 10 heavy (non-hydrogen) atoms. The lowest BCUT2D eigenvalue weighted by molar-refractivity contribution is 0.0441. The fraction of sp³-hybridized carbons (Fsp3) is 1.00. The number of ether oxygens (including phenoxy) is 1. The summed E-state index contributed by atoms with van der Waals surface area (Å²) in [6.45, 7) is 3.18. The first kappa shape index (κ1) is 8.21. The highest BCUT2D eigenvalue weighted by Crippen LogP contribution is 2.43. The van der Waals surface area contributed by atoms with Crippen molar-refractivity contribution in [1.82, 2.24) is 0 Å². The lowest BCUT2D eigenvalue weighted by Crippen LogP contribution is -2.12. The highest BCUT2D eigenvalue weighted by atomic mass is 31.2. The summed E-state index contributed by atoms with van der Waals surface area (Å²) in [4.78, 5) is 0. The summed E-state index contributed by atoms with van der Waals surface area (Å²) >= 11 is 0. The molecule has 4 nitrogen and oxygen atoms in total. The van der Waals surface area contributed by atoms with Gasteiger partial charge in [-0.25, -0.2) is 0 Å². The van der Waals surface area contributed by atoms with Gasteiger partial charge in [-0.15, -0.1) is 0 Å². The molecule has 5 heteroatoms. The van der Waals surface area contributed by atoms with Crippen molar-refractivity contribution in [2.45, 2.75) is 0 Å². The Bertz CT molecular complexity index is 135. The third-order valence-electron chi connectivity index (χ3n) is 1.11. The predicted octanol–water partition coefficient (Wildman–Crippen LogP) is 0.873. The molecule has 1 fully saturated rings. The molecule has 0 aromatic heterocycles. The molecule has 1 aliphatic heterocycles. The fourth-order valence-corrected chi connectivity index (χ4v) is 1.55. The first-order valence-electron chi connectivity index (χ1n) is 3.15. The zero-order valence-corrected chi connectivity index (χ0v) is 6.80. The van der Waals surface area contributed by atoms with Gasteiger partial charge in [-0.3, -0.25) is 4.57 Å². The lowest BCUT2D eigenvalue weighted by atomic mass is 10.7. The van der Waals surface area contributed by atoms with Gasteiger partial charge in [-0.05, 0) is 0 Å². The van der Waals surface area contributed by atoms with Crippen LogP contribution in [-0.4, -0.2) is 33.1 Å². The molecule has 0 saturated carbocycles. The highest BCUT2D eigenvalue weighted by molar-refractivity contribution is 7.52. The standard InChI is InChI=1S/C5H11O4P/c1-10(6)8-4-2-7-3-5-9-10/h2-5H2,1H3. The topological polar surface area (TPSA) is 44.8 Å². The van der Waals surface area contributed by atoms with Crippen LogP contribution in [0.25, 0.3) is 0 Å². The molecule has 60 valence electrons. The summed E-state index contributed by atoms with van der Waals surface area (Å²) < 4.78 is 25.9. The van der Waals surface area contributed by atoms with Crippen LogP contribution in [0.4, 0.5) is 0 Å². The van der Waals surface area contributed by atoms with Gasteiger partial charge >= 0.3 is 7.60 Å². The maximum Gasteiger partial charge on any atom is 0.327 e. The second-order valence-electron chi connectivity index (χ2n) is 2.05. The van der Waals surface area contributed by atoms with E-state index in [9.17, 15) is 4.57 Å². The Hall–Kier alpha value is 0.110. The van der Waals surface area contributed by atoms with Crippen molar-refractivity contribution < 1.29 is 18.3 Å². The van der Waals surface area contributed by atoms with Crippen LogP contribution in [0.2, 0.25) is 0 Å². The average molecular weight is 166 g/mol. The van der Waals surface area contributed by atoms with E-state index < -0.39 is 7.60 Å². The zero-order chi connectivity index (χ0) is 7.45. The summed E-state index contributed by atoms with van der Waals surface area (Å²) in [7, 11) is -2.74. The maximum atomic E-state index is 11.1. The van der Waals surface area contributed by atoms with Crippen molar-refractivity contribution in [2.24, 2.45) is 0 Å². The Labute approximate surface area is 60.0 Å². The molecule has 0 radical (unpaired) electrons. The van der Waals surface area contributed by atoms with Crippen LogP contribution in [0.1, 0.15) is 0 Å². The minimum atomic E-state index is -2.74. The summed E-state index contributed by atoms with van der Waals surface area (Å²) in [6.07, 6.45) is 0. The van der Waals surface area contributed by atoms with Crippen molar-refractivity contribution in [2.75, 3.05) is 33.1 Å². The van der Waals surface area contributed by atoms with Crippen LogP contribution in [0.15, 0.2) is 0 Å². The van der Waals surface area contributed by atoms with E-state index in [2.05, 4.69) is 0 Å². The third kappa shape index (κ3) is 2.80. The number of rotatable bonds is 0. The van der Waals surface area contributed by atoms with E-state index in [4.69, 9.17) is 13.8 Å². The minimum absolute atomic E-state index is 0.355. The van der Waals surface area contributed by atoms with Gasteiger partial charge in [0.25, 0.3) is 0 Å². The molecule has 0 atom stereocenters. The van der Waals surface area contributed by atoms with Gasteiger partial charge in [0, 0.05) is 6.66 Å². The van der Waals surface area contributed by atoms with Crippen LogP contribution >= 0.6 is 7.60 Å². The summed E-state index contributed by atoms with van der Waals surface area (Å²) in [5, 5.41) is 0. The summed E-state index contributed by atoms with van der Waals surface area (Å²) in [6, 6.07) is 0. The van der Waals surface area contributed by atoms with Crippen LogP contribution in [0.5, 0.6) is 0 Å². The SMILES string of the molecule is CP1(=O)OCCOCCO1. The predicted molar refractivity (Wildman–Crippen MR) is 36.3 cm³/mol. The second kappa shape index (κ2) is 3.49. The van der Waals surface area contributed by atoms with E-state index in [0.717, 1.165) is 0 Å². The van der Waals surface area contributed by atoms with Crippen molar-refractivity contribution >= 4 is 7.60 Å². The van der Waals surface area contributed by atoms with E-state index in [0.29, 0.717) is 26.4 Å². The van der Waals surface area contributed by atoms with Crippen molar-refractivity contribution in [3.05, 3.63) is 0 Å². The van der Waals surface area contributed by atoms with Crippen molar-refractivity contribution in [1.29, 1.82) is 0 Å². The molecule has 0 N–H and O–H groups in total. The molecular formula is C5H11O4P. The molecule has 0 spiro atoms. The van der Waals surface area contributed by atoms with Gasteiger partial charge in [0.1, 0.15) is 0 Å². The molecule has 0 unspecified atom stereocenters. The molecule has 0 bridgehead atoms. The van der Waals surface area contributed by atoms with Crippen molar-refractivity contribution in [3.63, 3.8) is 0 Å². The molecule has 1 rings (SSSR count). The lowest BCUT2D eigenvalue weighted by Gasteiger charge is -2.17. The summed E-state index contributed by atoms with van der Waals surface area (Å²) in [5.74, 6) is 0. The highest BCUT2D eigenvalue weighted by Gasteiger charge is 2.17. The number of hydrogen-bond donors (Lipinski definition) is 0. The van der Waals surface area contributed by atoms with E-state index in [1.165, 1.54) is 6.66 Å². The molecule has 1 heterocycles. The fourth-order valence-electron chi connectivity index (χ4n) is 0.663. The smallest absolute Gasteiger partial charge is 0.327 e. The normalized spacial score (nSPS) is 26.9. The van der Waals surface area contributed by atoms with Gasteiger partial charge in [-0.2, -0.15) is 0 Å². The second-order valence-corrected chi connectivity index (χ2v) is 4.11. The average Bonchev–Trinajstić information content (AvgIpc) is 1.81. The van der Waals surface area contributed by atoms with Crippen LogP contribution < -0.4 is 0 Å². The van der Waals surface area contributed by atoms with Crippen LogP contribution in [-0.2, 0) is 18.3 Å². The van der Waals surface area contributed by atoms with Gasteiger partial charge in [0.05, 0.1) is 26.4 Å². The van der Waals surface area contributed by atoms with Crippen LogP contribution in [0.3, 0.4) is 0 Å². The van der Waals surface area contributed by atoms with Gasteiger partial charge in [0.2, 0.25) is 0 Å². The Kier molecular flexibility index (Phi) is 2.86. The Morgan fingerprint density at radius 3 is 2.10 bits per heavy atom. The van der Waals surface area contributed by atoms with Gasteiger partial charge < -0.3 is 13.8 Å². The van der Waals surface area contributed by atoms with E-state index >= 15 is 0 Å².